The zero-order valence-corrected chi connectivity index (χ0v) is 14.7. The first-order valence-corrected chi connectivity index (χ1v) is 8.69. The number of carbonyl (C=O) groups is 2. The molecule has 1 atom stereocenters. The van der Waals surface area contributed by atoms with Crippen molar-refractivity contribution in [2.24, 2.45) is 0 Å². The van der Waals surface area contributed by atoms with E-state index in [1.807, 2.05) is 30.3 Å². The molecule has 5 nitrogen and oxygen atoms in total. The summed E-state index contributed by atoms with van der Waals surface area (Å²) in [5.74, 6) is -0.149. The van der Waals surface area contributed by atoms with Crippen LogP contribution in [0.4, 0.5) is 5.69 Å². The van der Waals surface area contributed by atoms with Gasteiger partial charge in [-0.3, -0.25) is 9.59 Å². The predicted octanol–water partition coefficient (Wildman–Crippen LogP) is 3.23. The van der Waals surface area contributed by atoms with Crippen molar-refractivity contribution < 1.29 is 9.59 Å². The van der Waals surface area contributed by atoms with E-state index in [1.165, 1.54) is 5.56 Å². The molecular formula is C21H21N3O2. The Morgan fingerprint density at radius 1 is 1.19 bits per heavy atom. The Kier molecular flexibility index (Phi) is 5.33. The van der Waals surface area contributed by atoms with Crippen molar-refractivity contribution in [3.05, 3.63) is 65.2 Å². The quantitative estimate of drug-likeness (QED) is 0.923. The molecule has 0 saturated heterocycles. The van der Waals surface area contributed by atoms with Crippen molar-refractivity contribution in [3.8, 4) is 6.07 Å². The van der Waals surface area contributed by atoms with E-state index in [0.29, 0.717) is 18.7 Å². The van der Waals surface area contributed by atoms with E-state index in [4.69, 9.17) is 5.26 Å². The van der Waals surface area contributed by atoms with Crippen LogP contribution in [0.3, 0.4) is 0 Å². The van der Waals surface area contributed by atoms with Gasteiger partial charge in [0.05, 0.1) is 25.0 Å². The third-order valence-electron chi connectivity index (χ3n) is 4.72. The number of nitrogens with one attached hydrogen (secondary N) is 1. The number of nitriles is 1. The topological polar surface area (TPSA) is 73.2 Å². The van der Waals surface area contributed by atoms with Crippen molar-refractivity contribution in [2.45, 2.75) is 32.2 Å². The van der Waals surface area contributed by atoms with Crippen LogP contribution >= 0.6 is 0 Å². The molecule has 2 aromatic rings. The van der Waals surface area contributed by atoms with E-state index in [1.54, 1.807) is 24.0 Å². The first kappa shape index (κ1) is 17.7. The number of benzene rings is 2. The fourth-order valence-corrected chi connectivity index (χ4v) is 3.43. The predicted molar refractivity (Wildman–Crippen MR) is 99.3 cm³/mol. The summed E-state index contributed by atoms with van der Waals surface area (Å²) < 4.78 is 0. The lowest BCUT2D eigenvalue weighted by molar-refractivity contribution is -0.132. The van der Waals surface area contributed by atoms with E-state index in [2.05, 4.69) is 17.5 Å². The molecule has 1 aliphatic heterocycles. The number of carbonyl (C=O) groups excluding carboxylic acids is 2. The Morgan fingerprint density at radius 3 is 2.62 bits per heavy atom. The number of hydrogen-bond donors (Lipinski definition) is 1. The van der Waals surface area contributed by atoms with Gasteiger partial charge in [0.2, 0.25) is 11.8 Å². The highest BCUT2D eigenvalue weighted by atomic mass is 16.2. The molecule has 2 aromatic carbocycles. The first-order valence-electron chi connectivity index (χ1n) is 8.69. The van der Waals surface area contributed by atoms with Crippen LogP contribution in [-0.2, 0) is 22.4 Å². The van der Waals surface area contributed by atoms with Gasteiger partial charge in [-0.2, -0.15) is 5.26 Å². The van der Waals surface area contributed by atoms with Crippen LogP contribution in [-0.4, -0.2) is 23.3 Å². The maximum atomic E-state index is 12.6. The molecule has 0 fully saturated rings. The van der Waals surface area contributed by atoms with Crippen LogP contribution < -0.4 is 5.32 Å². The molecule has 0 spiro atoms. The molecule has 3 rings (SSSR count). The van der Waals surface area contributed by atoms with Gasteiger partial charge in [-0.15, -0.1) is 0 Å². The fourth-order valence-electron chi connectivity index (χ4n) is 3.43. The summed E-state index contributed by atoms with van der Waals surface area (Å²) in [6.07, 6.45) is 1.38. The van der Waals surface area contributed by atoms with E-state index >= 15 is 0 Å². The number of anilines is 1. The molecule has 1 N–H and O–H groups in total. The minimum atomic E-state index is -0.240. The lowest BCUT2D eigenvalue weighted by Crippen LogP contribution is -2.40. The number of nitrogens with zero attached hydrogens (tertiary/aromatic N) is 2. The van der Waals surface area contributed by atoms with Crippen molar-refractivity contribution >= 4 is 17.5 Å². The highest BCUT2D eigenvalue weighted by molar-refractivity contribution is 5.91. The minimum absolute atomic E-state index is 0.0156. The smallest absolute Gasteiger partial charge is 0.226 e. The van der Waals surface area contributed by atoms with Crippen molar-refractivity contribution in [1.82, 2.24) is 4.90 Å². The molecule has 0 aliphatic carbocycles. The van der Waals surface area contributed by atoms with E-state index in [9.17, 15) is 9.59 Å². The van der Waals surface area contributed by atoms with Gasteiger partial charge in [0.15, 0.2) is 0 Å². The summed E-state index contributed by atoms with van der Waals surface area (Å²) in [6.45, 7) is 2.18. The molecule has 1 heterocycles. The molecular weight excluding hydrogens is 326 g/mol. The largest absolute Gasteiger partial charge is 0.335 e. The molecule has 1 aliphatic rings. The van der Waals surface area contributed by atoms with Crippen LogP contribution in [0.5, 0.6) is 0 Å². The maximum absolute atomic E-state index is 12.6. The number of amides is 2. The Hall–Kier alpha value is -3.13. The minimum Gasteiger partial charge on any atom is -0.335 e. The molecule has 26 heavy (non-hydrogen) atoms. The summed E-state index contributed by atoms with van der Waals surface area (Å²) in [4.78, 5) is 26.4. The maximum Gasteiger partial charge on any atom is 0.226 e. The Balaban J connectivity index is 1.74. The van der Waals surface area contributed by atoms with Crippen LogP contribution in [0, 0.1) is 11.3 Å². The lowest BCUT2D eigenvalue weighted by atomic mass is 9.90. The fraction of sp³-hybridized carbons (Fsp3) is 0.286. The molecule has 0 radical (unpaired) electrons. The van der Waals surface area contributed by atoms with Gasteiger partial charge in [-0.1, -0.05) is 36.4 Å². The summed E-state index contributed by atoms with van der Waals surface area (Å²) in [5, 5.41) is 11.6. The van der Waals surface area contributed by atoms with Crippen molar-refractivity contribution in [1.29, 1.82) is 5.26 Å². The third-order valence-corrected chi connectivity index (χ3v) is 4.72. The van der Waals surface area contributed by atoms with Gasteiger partial charge in [0.25, 0.3) is 0 Å². The second-order valence-corrected chi connectivity index (χ2v) is 6.46. The lowest BCUT2D eigenvalue weighted by Gasteiger charge is -2.36. The van der Waals surface area contributed by atoms with Crippen molar-refractivity contribution in [3.63, 3.8) is 0 Å². The van der Waals surface area contributed by atoms with Gasteiger partial charge >= 0.3 is 0 Å². The Labute approximate surface area is 153 Å². The van der Waals surface area contributed by atoms with Crippen LogP contribution in [0.15, 0.2) is 48.5 Å². The second kappa shape index (κ2) is 7.83. The molecule has 132 valence electrons. The first-order chi connectivity index (χ1) is 12.6. The average Bonchev–Trinajstić information content (AvgIpc) is 2.63. The van der Waals surface area contributed by atoms with Gasteiger partial charge < -0.3 is 10.2 Å². The van der Waals surface area contributed by atoms with Gasteiger partial charge in [-0.25, -0.2) is 0 Å². The molecule has 0 saturated carbocycles. The summed E-state index contributed by atoms with van der Waals surface area (Å²) in [7, 11) is 0. The number of fused-ring (bicyclic) bond motifs is 1. The average molecular weight is 347 g/mol. The van der Waals surface area contributed by atoms with Crippen LogP contribution in [0.2, 0.25) is 0 Å². The zero-order chi connectivity index (χ0) is 18.5. The standard InChI is InChI=1S/C21H21N3O2/c1-15(25)24-13-11-17-4-2-3-5-19(17)20(24)14-21(26)23-18-8-6-16(7-9-18)10-12-22/h2-9,20H,10-11,13-14H2,1H3,(H,23,26). The molecule has 2 amide bonds. The van der Waals surface area contributed by atoms with Crippen LogP contribution in [0.25, 0.3) is 0 Å². The Morgan fingerprint density at radius 2 is 1.92 bits per heavy atom. The zero-order valence-electron chi connectivity index (χ0n) is 14.7. The molecule has 1 unspecified atom stereocenters. The molecule has 0 aromatic heterocycles. The van der Waals surface area contributed by atoms with E-state index in [-0.39, 0.29) is 24.3 Å². The van der Waals surface area contributed by atoms with Gasteiger partial charge in [0, 0.05) is 19.2 Å². The van der Waals surface area contributed by atoms with Gasteiger partial charge in [0.1, 0.15) is 0 Å². The number of hydrogen-bond acceptors (Lipinski definition) is 3. The van der Waals surface area contributed by atoms with E-state index in [0.717, 1.165) is 17.5 Å². The van der Waals surface area contributed by atoms with Crippen molar-refractivity contribution in [2.75, 3.05) is 11.9 Å². The highest BCUT2D eigenvalue weighted by Crippen LogP contribution is 2.32. The number of rotatable bonds is 4. The third kappa shape index (κ3) is 3.92. The van der Waals surface area contributed by atoms with Crippen LogP contribution in [0.1, 0.15) is 36.1 Å². The monoisotopic (exact) mass is 347 g/mol. The summed E-state index contributed by atoms with van der Waals surface area (Å²) in [6, 6.07) is 17.1. The summed E-state index contributed by atoms with van der Waals surface area (Å²) >= 11 is 0. The highest BCUT2D eigenvalue weighted by Gasteiger charge is 2.30. The SMILES string of the molecule is CC(=O)N1CCc2ccccc2C1CC(=O)Nc1ccc(CC#N)cc1. The Bertz CT molecular complexity index is 852. The molecule has 0 bridgehead atoms. The molecule has 5 heteroatoms. The van der Waals surface area contributed by atoms with E-state index < -0.39 is 0 Å². The summed E-state index contributed by atoms with van der Waals surface area (Å²) in [5.41, 5.74) is 3.85. The normalized spacial score (nSPS) is 15.7. The second-order valence-electron chi connectivity index (χ2n) is 6.46. The van der Waals surface area contributed by atoms with Gasteiger partial charge in [-0.05, 0) is 35.2 Å².